The van der Waals surface area contributed by atoms with Gasteiger partial charge in [-0.15, -0.1) is 0 Å². The zero-order valence-electron chi connectivity index (χ0n) is 15.5. The van der Waals surface area contributed by atoms with Gasteiger partial charge in [-0.05, 0) is 24.3 Å². The van der Waals surface area contributed by atoms with E-state index in [9.17, 15) is 14.9 Å². The summed E-state index contributed by atoms with van der Waals surface area (Å²) in [6.45, 7) is 3.71. The summed E-state index contributed by atoms with van der Waals surface area (Å²) in [5.41, 5.74) is 1.66. The summed E-state index contributed by atoms with van der Waals surface area (Å²) in [4.78, 5) is 27.3. The lowest BCUT2D eigenvalue weighted by Crippen LogP contribution is -2.47. The molecule has 0 aromatic heterocycles. The minimum Gasteiger partial charge on any atom is -0.369 e. The normalized spacial score (nSPS) is 15.1. The highest BCUT2D eigenvalue weighted by atomic mass is 35.5. The number of benzene rings is 2. The Morgan fingerprint density at radius 2 is 1.86 bits per heavy atom. The Bertz CT molecular complexity index is 877. The average molecular weight is 400 g/mol. The maximum atomic E-state index is 12.3. The second kappa shape index (κ2) is 9.48. The van der Waals surface area contributed by atoms with E-state index < -0.39 is 4.92 Å². The van der Waals surface area contributed by atoms with Crippen molar-refractivity contribution in [1.29, 1.82) is 0 Å². The summed E-state index contributed by atoms with van der Waals surface area (Å²) in [6, 6.07) is 14.3. The molecule has 28 heavy (non-hydrogen) atoms. The van der Waals surface area contributed by atoms with E-state index in [1.807, 2.05) is 24.3 Å². The minimum absolute atomic E-state index is 0.0448. The van der Waals surface area contributed by atoms with Crippen LogP contribution in [0.25, 0.3) is 6.08 Å². The van der Waals surface area contributed by atoms with Gasteiger partial charge in [-0.2, -0.15) is 0 Å². The molecule has 1 saturated heterocycles. The van der Waals surface area contributed by atoms with Crippen LogP contribution in [0.2, 0.25) is 5.02 Å². The molecule has 0 saturated carbocycles. The molecule has 2 aromatic carbocycles. The van der Waals surface area contributed by atoms with Crippen molar-refractivity contribution in [3.8, 4) is 0 Å². The molecule has 2 aromatic rings. The summed E-state index contributed by atoms with van der Waals surface area (Å²) in [7, 11) is 0. The molecular weight excluding hydrogens is 378 g/mol. The first-order valence-electron chi connectivity index (χ1n) is 9.17. The number of carbonyl (C=O) groups is 1. The Labute approximate surface area is 169 Å². The number of hydrogen-bond donors (Lipinski definition) is 0. The van der Waals surface area contributed by atoms with E-state index in [1.165, 1.54) is 6.07 Å². The minimum atomic E-state index is -0.416. The number of Topliss-reactive ketones (excluding diaryl/α,β-unsaturated/α-hetero) is 1. The standard InChI is InChI=1S/C21H22ClN3O3/c22-18-7-4-8-19(15-18)24-13-11-23(12-14-24)16-20(26)9-3-6-17-5-1-2-10-21(17)25(27)28/h1-8,10,15H,9,11-14,16H2. The van der Waals surface area contributed by atoms with Crippen molar-refractivity contribution in [2.24, 2.45) is 0 Å². The Morgan fingerprint density at radius 3 is 2.57 bits per heavy atom. The van der Waals surface area contributed by atoms with Crippen molar-refractivity contribution >= 4 is 34.8 Å². The number of halogens is 1. The third-order valence-corrected chi connectivity index (χ3v) is 4.96. The summed E-state index contributed by atoms with van der Waals surface area (Å²) in [5.74, 6) is 0.103. The number of rotatable bonds is 7. The zero-order chi connectivity index (χ0) is 19.9. The number of nitro benzene ring substituents is 1. The number of anilines is 1. The van der Waals surface area contributed by atoms with E-state index >= 15 is 0 Å². The lowest BCUT2D eigenvalue weighted by Gasteiger charge is -2.35. The van der Waals surface area contributed by atoms with Crippen LogP contribution in [0.4, 0.5) is 11.4 Å². The fourth-order valence-corrected chi connectivity index (χ4v) is 3.45. The Kier molecular flexibility index (Phi) is 6.79. The SMILES string of the molecule is O=C(CC=Cc1ccccc1[N+](=O)[O-])CN1CCN(c2cccc(Cl)c2)CC1. The quantitative estimate of drug-likeness (QED) is 0.519. The van der Waals surface area contributed by atoms with Crippen LogP contribution in [0, 0.1) is 10.1 Å². The Hall–Kier alpha value is -2.70. The topological polar surface area (TPSA) is 66.7 Å². The Balaban J connectivity index is 1.47. The summed E-state index contributed by atoms with van der Waals surface area (Å²) < 4.78 is 0. The molecule has 0 unspecified atom stereocenters. The van der Waals surface area contributed by atoms with Crippen molar-refractivity contribution in [1.82, 2.24) is 4.90 Å². The number of carbonyl (C=O) groups excluding carboxylic acids is 1. The molecule has 0 amide bonds. The zero-order valence-corrected chi connectivity index (χ0v) is 16.2. The van der Waals surface area contributed by atoms with Crippen molar-refractivity contribution in [3.63, 3.8) is 0 Å². The number of ketones is 1. The molecule has 0 atom stereocenters. The fraction of sp³-hybridized carbons (Fsp3) is 0.286. The Morgan fingerprint density at radius 1 is 1.11 bits per heavy atom. The molecule has 146 valence electrons. The van der Waals surface area contributed by atoms with Crippen LogP contribution in [0.1, 0.15) is 12.0 Å². The first-order valence-corrected chi connectivity index (χ1v) is 9.55. The van der Waals surface area contributed by atoms with Crippen LogP contribution in [0.3, 0.4) is 0 Å². The van der Waals surface area contributed by atoms with Crippen LogP contribution >= 0.6 is 11.6 Å². The van der Waals surface area contributed by atoms with Gasteiger partial charge in [0, 0.05) is 49.4 Å². The van der Waals surface area contributed by atoms with Gasteiger partial charge in [0.25, 0.3) is 5.69 Å². The summed E-state index contributed by atoms with van der Waals surface area (Å²) >= 11 is 6.06. The summed E-state index contributed by atoms with van der Waals surface area (Å²) in [6.07, 6.45) is 3.61. The predicted octanol–water partition coefficient (Wildman–Crippen LogP) is 4.04. The molecule has 0 radical (unpaired) electrons. The first kappa shape index (κ1) is 20.0. The van der Waals surface area contributed by atoms with Crippen LogP contribution in [-0.4, -0.2) is 48.3 Å². The monoisotopic (exact) mass is 399 g/mol. The lowest BCUT2D eigenvalue weighted by atomic mass is 10.1. The van der Waals surface area contributed by atoms with E-state index in [4.69, 9.17) is 11.6 Å². The van der Waals surface area contributed by atoms with Gasteiger partial charge in [-0.25, -0.2) is 0 Å². The van der Waals surface area contributed by atoms with Crippen LogP contribution in [-0.2, 0) is 4.79 Å². The third-order valence-electron chi connectivity index (χ3n) is 4.72. The molecule has 0 aliphatic carbocycles. The number of para-hydroxylation sites is 1. The summed E-state index contributed by atoms with van der Waals surface area (Å²) in [5, 5.41) is 11.7. The first-order chi connectivity index (χ1) is 13.5. The molecule has 1 aliphatic heterocycles. The van der Waals surface area contributed by atoms with Crippen molar-refractivity contribution in [2.75, 3.05) is 37.6 Å². The van der Waals surface area contributed by atoms with E-state index in [0.29, 0.717) is 12.1 Å². The molecule has 3 rings (SSSR count). The van der Waals surface area contributed by atoms with Crippen LogP contribution < -0.4 is 4.90 Å². The molecule has 6 nitrogen and oxygen atoms in total. The van der Waals surface area contributed by atoms with Gasteiger partial charge < -0.3 is 4.90 Å². The number of allylic oxidation sites excluding steroid dienone is 1. The van der Waals surface area contributed by atoms with E-state index in [-0.39, 0.29) is 17.9 Å². The molecule has 0 bridgehead atoms. The molecule has 0 N–H and O–H groups in total. The third kappa shape index (κ3) is 5.41. The molecular formula is C21H22ClN3O3. The molecule has 1 heterocycles. The average Bonchev–Trinajstić information content (AvgIpc) is 2.69. The van der Waals surface area contributed by atoms with Gasteiger partial charge in [-0.3, -0.25) is 19.8 Å². The maximum Gasteiger partial charge on any atom is 0.276 e. The van der Waals surface area contributed by atoms with Gasteiger partial charge in [0.15, 0.2) is 5.78 Å². The second-order valence-electron chi connectivity index (χ2n) is 6.70. The van der Waals surface area contributed by atoms with Crippen molar-refractivity contribution in [2.45, 2.75) is 6.42 Å². The number of piperazine rings is 1. The molecule has 1 aliphatic rings. The largest absolute Gasteiger partial charge is 0.369 e. The van der Waals surface area contributed by atoms with Crippen LogP contribution in [0.5, 0.6) is 0 Å². The highest BCUT2D eigenvalue weighted by molar-refractivity contribution is 6.30. The second-order valence-corrected chi connectivity index (χ2v) is 7.14. The molecule has 0 spiro atoms. The van der Waals surface area contributed by atoms with Gasteiger partial charge in [0.2, 0.25) is 0 Å². The van der Waals surface area contributed by atoms with E-state index in [2.05, 4.69) is 9.80 Å². The highest BCUT2D eigenvalue weighted by Gasteiger charge is 2.19. The number of nitrogens with zero attached hydrogens (tertiary/aromatic N) is 3. The number of nitro groups is 1. The lowest BCUT2D eigenvalue weighted by molar-refractivity contribution is -0.385. The van der Waals surface area contributed by atoms with E-state index in [1.54, 1.807) is 30.4 Å². The fourth-order valence-electron chi connectivity index (χ4n) is 3.26. The van der Waals surface area contributed by atoms with Gasteiger partial charge in [0.05, 0.1) is 17.0 Å². The number of hydrogen-bond acceptors (Lipinski definition) is 5. The van der Waals surface area contributed by atoms with Crippen molar-refractivity contribution in [3.05, 3.63) is 75.3 Å². The molecule has 7 heteroatoms. The van der Waals surface area contributed by atoms with Crippen LogP contribution in [0.15, 0.2) is 54.6 Å². The highest BCUT2D eigenvalue weighted by Crippen LogP contribution is 2.21. The maximum absolute atomic E-state index is 12.3. The van der Waals surface area contributed by atoms with Gasteiger partial charge >= 0.3 is 0 Å². The van der Waals surface area contributed by atoms with E-state index in [0.717, 1.165) is 36.9 Å². The van der Waals surface area contributed by atoms with Gasteiger partial charge in [0.1, 0.15) is 0 Å². The van der Waals surface area contributed by atoms with Gasteiger partial charge in [-0.1, -0.05) is 42.0 Å². The predicted molar refractivity (Wildman–Crippen MR) is 112 cm³/mol. The molecule has 1 fully saturated rings. The smallest absolute Gasteiger partial charge is 0.276 e. The van der Waals surface area contributed by atoms with Crippen molar-refractivity contribution < 1.29 is 9.72 Å².